The van der Waals surface area contributed by atoms with Gasteiger partial charge in [-0.05, 0) is 49.3 Å². The predicted octanol–water partition coefficient (Wildman–Crippen LogP) is 2.45. The molecule has 94 valence electrons. The van der Waals surface area contributed by atoms with E-state index in [-0.39, 0.29) is 0 Å². The first-order valence-corrected chi connectivity index (χ1v) is 6.10. The standard InChI is InChI=1S/C10H9NO2.C5H8/c1-3-7-6-8(11)4-5-9(7)10(12)13-2;1-2-5-3-4(1)5/h1,4-6H,11H2,2H3;4-5H,1-3H2. The van der Waals surface area contributed by atoms with E-state index in [2.05, 4.69) is 10.7 Å². The van der Waals surface area contributed by atoms with Crippen LogP contribution in [-0.2, 0) is 4.74 Å². The maximum Gasteiger partial charge on any atom is 0.339 e. The van der Waals surface area contributed by atoms with Crippen molar-refractivity contribution in [2.75, 3.05) is 12.8 Å². The summed E-state index contributed by atoms with van der Waals surface area (Å²) in [5.41, 5.74) is 6.84. The van der Waals surface area contributed by atoms with Gasteiger partial charge in [-0.15, -0.1) is 6.42 Å². The Labute approximate surface area is 107 Å². The highest BCUT2D eigenvalue weighted by atomic mass is 16.5. The normalized spacial score (nSPS) is 22.4. The Morgan fingerprint density at radius 3 is 2.50 bits per heavy atom. The molecule has 2 atom stereocenters. The van der Waals surface area contributed by atoms with Crippen LogP contribution in [0.25, 0.3) is 0 Å². The molecular formula is C15H17NO2. The summed E-state index contributed by atoms with van der Waals surface area (Å²) in [6, 6.07) is 4.72. The molecule has 2 saturated carbocycles. The molecule has 0 saturated heterocycles. The van der Waals surface area contributed by atoms with E-state index in [9.17, 15) is 4.79 Å². The van der Waals surface area contributed by atoms with Crippen molar-refractivity contribution in [3.63, 3.8) is 0 Å². The van der Waals surface area contributed by atoms with E-state index in [0.717, 1.165) is 0 Å². The van der Waals surface area contributed by atoms with Gasteiger partial charge in [-0.1, -0.05) is 5.92 Å². The lowest BCUT2D eigenvalue weighted by Gasteiger charge is -2.04. The summed E-state index contributed by atoms with van der Waals surface area (Å²) in [7, 11) is 1.30. The second-order valence-electron chi connectivity index (χ2n) is 4.77. The Kier molecular flexibility index (Phi) is 3.57. The van der Waals surface area contributed by atoms with Crippen LogP contribution in [0.2, 0.25) is 0 Å². The summed E-state index contributed by atoms with van der Waals surface area (Å²) in [6.45, 7) is 0. The van der Waals surface area contributed by atoms with E-state index < -0.39 is 5.97 Å². The second kappa shape index (κ2) is 5.14. The molecule has 1 aromatic rings. The minimum atomic E-state index is -0.451. The van der Waals surface area contributed by atoms with Crippen LogP contribution in [0.3, 0.4) is 0 Å². The Balaban J connectivity index is 0.000000194. The van der Waals surface area contributed by atoms with Crippen molar-refractivity contribution in [1.82, 2.24) is 0 Å². The fourth-order valence-electron chi connectivity index (χ4n) is 2.15. The highest BCUT2D eigenvalue weighted by Gasteiger charge is 2.44. The summed E-state index contributed by atoms with van der Waals surface area (Å²) in [5, 5.41) is 0. The van der Waals surface area contributed by atoms with E-state index >= 15 is 0 Å². The summed E-state index contributed by atoms with van der Waals surface area (Å²) in [6.07, 6.45) is 9.90. The van der Waals surface area contributed by atoms with Crippen molar-refractivity contribution < 1.29 is 9.53 Å². The number of methoxy groups -OCH3 is 1. The number of esters is 1. The molecule has 0 aromatic heterocycles. The third-order valence-corrected chi connectivity index (χ3v) is 3.58. The van der Waals surface area contributed by atoms with Gasteiger partial charge in [0.2, 0.25) is 0 Å². The molecule has 2 unspecified atom stereocenters. The van der Waals surface area contributed by atoms with Crippen LogP contribution in [0.5, 0.6) is 0 Å². The zero-order valence-electron chi connectivity index (χ0n) is 10.5. The lowest BCUT2D eigenvalue weighted by atomic mass is 10.0. The number of anilines is 1. The van der Waals surface area contributed by atoms with Crippen LogP contribution in [0.1, 0.15) is 35.2 Å². The van der Waals surface area contributed by atoms with Gasteiger partial charge in [0.1, 0.15) is 0 Å². The Hall–Kier alpha value is -1.95. The van der Waals surface area contributed by atoms with Gasteiger partial charge in [0, 0.05) is 11.3 Å². The molecule has 0 amide bonds. The highest BCUT2D eigenvalue weighted by molar-refractivity contribution is 5.92. The van der Waals surface area contributed by atoms with Gasteiger partial charge in [0.25, 0.3) is 0 Å². The average Bonchev–Trinajstić information content (AvgIpc) is 2.95. The first-order chi connectivity index (χ1) is 8.65. The van der Waals surface area contributed by atoms with E-state index in [0.29, 0.717) is 16.8 Å². The molecule has 2 aliphatic rings. The molecule has 2 fully saturated rings. The van der Waals surface area contributed by atoms with Gasteiger partial charge in [-0.25, -0.2) is 4.79 Å². The second-order valence-corrected chi connectivity index (χ2v) is 4.77. The van der Waals surface area contributed by atoms with Crippen molar-refractivity contribution in [2.45, 2.75) is 19.3 Å². The molecule has 0 aliphatic heterocycles. The predicted molar refractivity (Wildman–Crippen MR) is 71.0 cm³/mol. The minimum Gasteiger partial charge on any atom is -0.465 e. The summed E-state index contributed by atoms with van der Waals surface area (Å²) in [4.78, 5) is 11.1. The molecule has 3 rings (SSSR count). The first kappa shape index (κ1) is 12.5. The van der Waals surface area contributed by atoms with E-state index in [4.69, 9.17) is 12.2 Å². The van der Waals surface area contributed by atoms with Gasteiger partial charge in [0.15, 0.2) is 0 Å². The number of carbonyl (C=O) groups is 1. The van der Waals surface area contributed by atoms with Crippen molar-refractivity contribution >= 4 is 11.7 Å². The van der Waals surface area contributed by atoms with Gasteiger partial charge in [-0.2, -0.15) is 0 Å². The Morgan fingerprint density at radius 1 is 1.44 bits per heavy atom. The maximum absolute atomic E-state index is 11.1. The quantitative estimate of drug-likeness (QED) is 0.468. The van der Waals surface area contributed by atoms with Crippen molar-refractivity contribution in [1.29, 1.82) is 0 Å². The third-order valence-electron chi connectivity index (χ3n) is 3.58. The summed E-state index contributed by atoms with van der Waals surface area (Å²) < 4.78 is 4.54. The van der Waals surface area contributed by atoms with E-state index in [1.807, 2.05) is 0 Å². The largest absolute Gasteiger partial charge is 0.465 e. The number of hydrogen-bond acceptors (Lipinski definition) is 3. The van der Waals surface area contributed by atoms with Crippen molar-refractivity contribution in [3.05, 3.63) is 29.3 Å². The summed E-state index contributed by atoms with van der Waals surface area (Å²) >= 11 is 0. The number of benzene rings is 1. The van der Waals surface area contributed by atoms with Gasteiger partial charge < -0.3 is 10.5 Å². The van der Waals surface area contributed by atoms with Crippen molar-refractivity contribution in [2.24, 2.45) is 11.8 Å². The molecule has 18 heavy (non-hydrogen) atoms. The monoisotopic (exact) mass is 243 g/mol. The molecular weight excluding hydrogens is 226 g/mol. The highest BCUT2D eigenvalue weighted by Crippen LogP contribution is 2.55. The lowest BCUT2D eigenvalue weighted by molar-refractivity contribution is 0.0600. The third kappa shape index (κ3) is 2.65. The maximum atomic E-state index is 11.1. The Bertz CT molecular complexity index is 490. The van der Waals surface area contributed by atoms with Gasteiger partial charge >= 0.3 is 5.97 Å². The fourth-order valence-corrected chi connectivity index (χ4v) is 2.15. The molecule has 0 spiro atoms. The topological polar surface area (TPSA) is 52.3 Å². The van der Waals surface area contributed by atoms with Crippen LogP contribution < -0.4 is 5.73 Å². The number of terminal acetylenes is 1. The van der Waals surface area contributed by atoms with E-state index in [1.54, 1.807) is 37.5 Å². The van der Waals surface area contributed by atoms with Crippen LogP contribution in [-0.4, -0.2) is 13.1 Å². The molecule has 0 heterocycles. The van der Waals surface area contributed by atoms with Crippen LogP contribution >= 0.6 is 0 Å². The fraction of sp³-hybridized carbons (Fsp3) is 0.400. The zero-order chi connectivity index (χ0) is 13.1. The molecule has 1 aromatic carbocycles. The molecule has 0 radical (unpaired) electrons. The first-order valence-electron chi connectivity index (χ1n) is 6.10. The number of hydrogen-bond donors (Lipinski definition) is 1. The SMILES string of the molecule is C#Cc1cc(N)ccc1C(=O)OC.C1CC2CC12. The van der Waals surface area contributed by atoms with Gasteiger partial charge in [0.05, 0.1) is 12.7 Å². The molecule has 0 bridgehead atoms. The number of nitrogens with two attached hydrogens (primary N) is 1. The number of rotatable bonds is 1. The summed E-state index contributed by atoms with van der Waals surface area (Å²) in [5.74, 6) is 4.38. The molecule has 3 heteroatoms. The molecule has 3 nitrogen and oxygen atoms in total. The average molecular weight is 243 g/mol. The molecule has 2 N–H and O–H groups in total. The van der Waals surface area contributed by atoms with Crippen LogP contribution in [0, 0.1) is 24.2 Å². The zero-order valence-corrected chi connectivity index (χ0v) is 10.5. The smallest absolute Gasteiger partial charge is 0.339 e. The lowest BCUT2D eigenvalue weighted by Crippen LogP contribution is -2.04. The van der Waals surface area contributed by atoms with Gasteiger partial charge in [-0.3, -0.25) is 0 Å². The van der Waals surface area contributed by atoms with E-state index in [1.165, 1.54) is 18.9 Å². The minimum absolute atomic E-state index is 0.360. The van der Waals surface area contributed by atoms with Crippen molar-refractivity contribution in [3.8, 4) is 12.3 Å². The van der Waals surface area contributed by atoms with Crippen LogP contribution in [0.4, 0.5) is 5.69 Å². The Morgan fingerprint density at radius 2 is 2.11 bits per heavy atom. The number of carbonyl (C=O) groups excluding carboxylic acids is 1. The number of fused-ring (bicyclic) bond motifs is 1. The molecule has 2 aliphatic carbocycles. The van der Waals surface area contributed by atoms with Crippen LogP contribution in [0.15, 0.2) is 18.2 Å². The number of ether oxygens (including phenoxy) is 1. The number of nitrogen functional groups attached to an aromatic ring is 1.